The van der Waals surface area contributed by atoms with Crippen LogP contribution < -0.4 is 10.6 Å². The maximum absolute atomic E-state index is 12.2. The molecule has 0 heterocycles. The molecule has 27 heavy (non-hydrogen) atoms. The third-order valence-corrected chi connectivity index (χ3v) is 3.96. The van der Waals surface area contributed by atoms with Gasteiger partial charge < -0.3 is 20.3 Å². The van der Waals surface area contributed by atoms with Crippen LogP contribution in [0.2, 0.25) is 0 Å². The summed E-state index contributed by atoms with van der Waals surface area (Å²) in [4.78, 5) is 26.1. The number of carbonyl (C=O) groups excluding carboxylic acids is 2. The van der Waals surface area contributed by atoms with E-state index in [1.165, 1.54) is 6.20 Å². The molecule has 0 saturated heterocycles. The van der Waals surface area contributed by atoms with Gasteiger partial charge in [-0.15, -0.1) is 0 Å². The van der Waals surface area contributed by atoms with Crippen molar-refractivity contribution < 1.29 is 14.3 Å². The van der Waals surface area contributed by atoms with E-state index in [4.69, 9.17) is 4.74 Å². The Kier molecular flexibility index (Phi) is 10.3. The summed E-state index contributed by atoms with van der Waals surface area (Å²) >= 11 is 0. The van der Waals surface area contributed by atoms with Crippen molar-refractivity contribution in [3.63, 3.8) is 0 Å². The SMILES string of the molecule is CCOC(=O)c1ccc(NC(=O)/C(C#N)=C\NCCCN(CC)CC)cc1. The summed E-state index contributed by atoms with van der Waals surface area (Å²) in [6.07, 6.45) is 2.36. The second-order valence-electron chi connectivity index (χ2n) is 5.76. The Bertz CT molecular complexity index is 673. The lowest BCUT2D eigenvalue weighted by Gasteiger charge is -2.17. The normalized spacial score (nSPS) is 11.0. The number of nitrogens with one attached hydrogen (secondary N) is 2. The third kappa shape index (κ3) is 7.92. The van der Waals surface area contributed by atoms with Crippen LogP contribution in [0.15, 0.2) is 36.0 Å². The number of amides is 1. The Labute approximate surface area is 161 Å². The maximum Gasteiger partial charge on any atom is 0.338 e. The first kappa shape index (κ1) is 22.2. The molecule has 0 saturated carbocycles. The molecule has 0 unspecified atom stereocenters. The van der Waals surface area contributed by atoms with Crippen LogP contribution in [0, 0.1) is 11.3 Å². The zero-order valence-corrected chi connectivity index (χ0v) is 16.2. The highest BCUT2D eigenvalue weighted by Crippen LogP contribution is 2.11. The summed E-state index contributed by atoms with van der Waals surface area (Å²) in [6.45, 7) is 9.94. The summed E-state index contributed by atoms with van der Waals surface area (Å²) in [5.74, 6) is -0.917. The van der Waals surface area contributed by atoms with Gasteiger partial charge in [0.2, 0.25) is 0 Å². The van der Waals surface area contributed by atoms with Crippen molar-refractivity contribution in [3.05, 3.63) is 41.6 Å². The molecule has 0 bridgehead atoms. The smallest absolute Gasteiger partial charge is 0.338 e. The molecule has 7 heteroatoms. The van der Waals surface area contributed by atoms with Crippen LogP contribution in [-0.2, 0) is 9.53 Å². The number of anilines is 1. The number of esters is 1. The Morgan fingerprint density at radius 1 is 1.19 bits per heavy atom. The molecule has 1 aromatic carbocycles. The van der Waals surface area contributed by atoms with Crippen LogP contribution in [0.5, 0.6) is 0 Å². The highest BCUT2D eigenvalue weighted by molar-refractivity contribution is 6.06. The number of nitrogens with zero attached hydrogens (tertiary/aromatic N) is 2. The van der Waals surface area contributed by atoms with Gasteiger partial charge in [-0.25, -0.2) is 4.79 Å². The summed E-state index contributed by atoms with van der Waals surface area (Å²) in [6, 6.07) is 8.21. The van der Waals surface area contributed by atoms with Gasteiger partial charge >= 0.3 is 5.97 Å². The summed E-state index contributed by atoms with van der Waals surface area (Å²) in [7, 11) is 0. The van der Waals surface area contributed by atoms with Gasteiger partial charge in [0.05, 0.1) is 12.2 Å². The van der Waals surface area contributed by atoms with Crippen molar-refractivity contribution in [2.75, 3.05) is 38.1 Å². The molecule has 0 fully saturated rings. The van der Waals surface area contributed by atoms with Gasteiger partial charge in [0.25, 0.3) is 5.91 Å². The Hall–Kier alpha value is -2.85. The van der Waals surface area contributed by atoms with E-state index in [1.54, 1.807) is 31.2 Å². The molecule has 0 radical (unpaired) electrons. The van der Waals surface area contributed by atoms with E-state index in [0.29, 0.717) is 24.4 Å². The van der Waals surface area contributed by atoms with Gasteiger partial charge in [-0.05, 0) is 57.2 Å². The van der Waals surface area contributed by atoms with Crippen molar-refractivity contribution in [2.45, 2.75) is 27.2 Å². The van der Waals surface area contributed by atoms with E-state index in [9.17, 15) is 14.9 Å². The number of hydrogen-bond donors (Lipinski definition) is 2. The van der Waals surface area contributed by atoms with Gasteiger partial charge in [0.15, 0.2) is 0 Å². The number of nitriles is 1. The van der Waals surface area contributed by atoms with Crippen molar-refractivity contribution in [3.8, 4) is 6.07 Å². The van der Waals surface area contributed by atoms with Gasteiger partial charge in [-0.2, -0.15) is 5.26 Å². The standard InChI is InChI=1S/C20H28N4O3/c1-4-24(5-2)13-7-12-22-15-17(14-21)19(25)23-18-10-8-16(9-11-18)20(26)27-6-3/h8-11,15,22H,4-7,12-13H2,1-3H3,(H,23,25)/b17-15-. The van der Waals surface area contributed by atoms with Crippen LogP contribution in [0.1, 0.15) is 37.6 Å². The second-order valence-corrected chi connectivity index (χ2v) is 5.76. The summed E-state index contributed by atoms with van der Waals surface area (Å²) in [5.41, 5.74) is 0.892. The van der Waals surface area contributed by atoms with Crippen LogP contribution in [0.4, 0.5) is 5.69 Å². The van der Waals surface area contributed by atoms with E-state index >= 15 is 0 Å². The molecule has 146 valence electrons. The minimum atomic E-state index is -0.502. The molecule has 7 nitrogen and oxygen atoms in total. The van der Waals surface area contributed by atoms with Crippen LogP contribution in [0.25, 0.3) is 0 Å². The van der Waals surface area contributed by atoms with E-state index < -0.39 is 11.9 Å². The first-order chi connectivity index (χ1) is 13.0. The molecule has 2 N–H and O–H groups in total. The van der Waals surface area contributed by atoms with Crippen LogP contribution >= 0.6 is 0 Å². The molecule has 0 aromatic heterocycles. The average Bonchev–Trinajstić information content (AvgIpc) is 2.68. The summed E-state index contributed by atoms with van der Waals surface area (Å²) < 4.78 is 4.91. The second kappa shape index (κ2) is 12.5. The number of hydrogen-bond acceptors (Lipinski definition) is 6. The lowest BCUT2D eigenvalue weighted by molar-refractivity contribution is -0.112. The first-order valence-corrected chi connectivity index (χ1v) is 9.20. The zero-order valence-electron chi connectivity index (χ0n) is 16.2. The van der Waals surface area contributed by atoms with E-state index in [1.807, 2.05) is 6.07 Å². The third-order valence-electron chi connectivity index (χ3n) is 3.96. The van der Waals surface area contributed by atoms with Crippen molar-refractivity contribution in [1.29, 1.82) is 5.26 Å². The summed E-state index contributed by atoms with van der Waals surface area (Å²) in [5, 5.41) is 14.8. The molecule has 0 atom stereocenters. The first-order valence-electron chi connectivity index (χ1n) is 9.20. The largest absolute Gasteiger partial charge is 0.462 e. The predicted molar refractivity (Wildman–Crippen MR) is 105 cm³/mol. The Morgan fingerprint density at radius 2 is 1.85 bits per heavy atom. The van der Waals surface area contributed by atoms with E-state index in [-0.39, 0.29) is 5.57 Å². The molecule has 0 spiro atoms. The maximum atomic E-state index is 12.2. The highest BCUT2D eigenvalue weighted by Gasteiger charge is 2.10. The van der Waals surface area contributed by atoms with Gasteiger partial charge in [-0.1, -0.05) is 13.8 Å². The van der Waals surface area contributed by atoms with Crippen LogP contribution in [-0.4, -0.2) is 49.6 Å². The number of benzene rings is 1. The lowest BCUT2D eigenvalue weighted by atomic mass is 10.2. The number of rotatable bonds is 11. The van der Waals surface area contributed by atoms with Crippen molar-refractivity contribution in [1.82, 2.24) is 10.2 Å². The minimum absolute atomic E-state index is 0.00712. The average molecular weight is 372 g/mol. The topological polar surface area (TPSA) is 94.5 Å². The molecule has 0 aliphatic carbocycles. The predicted octanol–water partition coefficient (Wildman–Crippen LogP) is 2.53. The van der Waals surface area contributed by atoms with Gasteiger partial charge in [0.1, 0.15) is 11.6 Å². The molecule has 1 amide bonds. The lowest BCUT2D eigenvalue weighted by Crippen LogP contribution is -2.26. The minimum Gasteiger partial charge on any atom is -0.462 e. The van der Waals surface area contributed by atoms with Crippen LogP contribution in [0.3, 0.4) is 0 Å². The van der Waals surface area contributed by atoms with Crippen molar-refractivity contribution >= 4 is 17.6 Å². The fourth-order valence-electron chi connectivity index (χ4n) is 2.37. The monoisotopic (exact) mass is 372 g/mol. The van der Waals surface area contributed by atoms with E-state index in [2.05, 4.69) is 29.4 Å². The highest BCUT2D eigenvalue weighted by atomic mass is 16.5. The quantitative estimate of drug-likeness (QED) is 0.268. The Morgan fingerprint density at radius 3 is 2.41 bits per heavy atom. The Balaban J connectivity index is 2.53. The van der Waals surface area contributed by atoms with Gasteiger partial charge in [-0.3, -0.25) is 4.79 Å². The fourth-order valence-corrected chi connectivity index (χ4v) is 2.37. The molecular weight excluding hydrogens is 344 g/mol. The molecular formula is C20H28N4O3. The molecule has 1 rings (SSSR count). The molecule has 0 aliphatic heterocycles. The zero-order chi connectivity index (χ0) is 20.1. The van der Waals surface area contributed by atoms with Gasteiger partial charge in [0, 0.05) is 18.4 Å². The molecule has 0 aliphatic rings. The van der Waals surface area contributed by atoms with Crippen molar-refractivity contribution in [2.24, 2.45) is 0 Å². The van der Waals surface area contributed by atoms with E-state index in [0.717, 1.165) is 26.1 Å². The number of carbonyl (C=O) groups is 2. The molecule has 1 aromatic rings. The fraction of sp³-hybridized carbons (Fsp3) is 0.450. The number of ether oxygens (including phenoxy) is 1.